The molecule has 7 heteroatoms. The van der Waals surface area contributed by atoms with Crippen LogP contribution >= 0.6 is 11.3 Å². The third-order valence-electron chi connectivity index (χ3n) is 2.37. The van der Waals surface area contributed by atoms with Gasteiger partial charge in [-0.3, -0.25) is 4.72 Å². The van der Waals surface area contributed by atoms with Crippen molar-refractivity contribution in [2.24, 2.45) is 0 Å². The monoisotopic (exact) mass is 301 g/mol. The predicted molar refractivity (Wildman–Crippen MR) is 72.2 cm³/mol. The average Bonchev–Trinajstić information content (AvgIpc) is 2.75. The molecule has 4 nitrogen and oxygen atoms in total. The quantitative estimate of drug-likeness (QED) is 0.912. The molecular formula is C12H12FNO3S2. The number of rotatable bonds is 4. The molecule has 0 fully saturated rings. The highest BCUT2D eigenvalue weighted by Gasteiger charge is 2.17. The molecule has 0 aliphatic heterocycles. The Balaban J connectivity index is 2.30. The van der Waals surface area contributed by atoms with E-state index in [0.29, 0.717) is 11.1 Å². The van der Waals surface area contributed by atoms with Gasteiger partial charge in [0.15, 0.2) is 0 Å². The predicted octanol–water partition coefficient (Wildman–Crippen LogP) is 2.49. The van der Waals surface area contributed by atoms with Crippen LogP contribution in [0, 0.1) is 12.7 Å². The van der Waals surface area contributed by atoms with Gasteiger partial charge in [-0.05, 0) is 47.7 Å². The molecule has 0 saturated carbocycles. The molecule has 0 bridgehead atoms. The van der Waals surface area contributed by atoms with Crippen molar-refractivity contribution in [1.82, 2.24) is 0 Å². The molecule has 0 spiro atoms. The van der Waals surface area contributed by atoms with E-state index in [0.717, 1.165) is 17.4 Å². The summed E-state index contributed by atoms with van der Waals surface area (Å²) in [5, 5.41) is 10.5. The van der Waals surface area contributed by atoms with Crippen LogP contribution in [0.4, 0.5) is 10.1 Å². The van der Waals surface area contributed by atoms with Crippen molar-refractivity contribution >= 4 is 27.0 Å². The van der Waals surface area contributed by atoms with E-state index >= 15 is 0 Å². The van der Waals surface area contributed by atoms with Gasteiger partial charge in [-0.1, -0.05) is 0 Å². The minimum Gasteiger partial charge on any atom is -0.392 e. The van der Waals surface area contributed by atoms with Crippen LogP contribution in [-0.2, 0) is 16.6 Å². The van der Waals surface area contributed by atoms with Crippen LogP contribution in [0.1, 0.15) is 11.1 Å². The van der Waals surface area contributed by atoms with E-state index in [1.54, 1.807) is 18.4 Å². The molecule has 2 aromatic rings. The number of aliphatic hydroxyl groups excluding tert-OH is 1. The number of aryl methyl sites for hydroxylation is 1. The standard InChI is InChI=1S/C12H12FNO3S2/c1-8-2-10(13)5-11(3-8)14-19(16,17)12-4-9(6-15)7-18-12/h2-5,7,14-15H,6H2,1H3. The zero-order chi connectivity index (χ0) is 14.0. The molecule has 0 unspecified atom stereocenters. The lowest BCUT2D eigenvalue weighted by Gasteiger charge is -2.07. The molecule has 1 heterocycles. The summed E-state index contributed by atoms with van der Waals surface area (Å²) in [6.45, 7) is 1.46. The number of nitrogens with one attached hydrogen (secondary N) is 1. The lowest BCUT2D eigenvalue weighted by molar-refractivity contribution is 0.282. The summed E-state index contributed by atoms with van der Waals surface area (Å²) in [7, 11) is -3.75. The Hall–Kier alpha value is -1.44. The molecule has 1 aromatic heterocycles. The van der Waals surface area contributed by atoms with E-state index in [2.05, 4.69) is 4.72 Å². The lowest BCUT2D eigenvalue weighted by Crippen LogP contribution is -2.11. The average molecular weight is 301 g/mol. The maximum atomic E-state index is 13.2. The van der Waals surface area contributed by atoms with Crippen molar-refractivity contribution in [3.63, 3.8) is 0 Å². The molecule has 1 aromatic carbocycles. The normalized spacial score (nSPS) is 11.5. The molecule has 0 amide bonds. The van der Waals surface area contributed by atoms with Crippen LogP contribution in [-0.4, -0.2) is 13.5 Å². The minimum atomic E-state index is -3.75. The topological polar surface area (TPSA) is 66.4 Å². The van der Waals surface area contributed by atoms with Gasteiger partial charge in [-0.25, -0.2) is 12.8 Å². The Kier molecular flexibility index (Phi) is 3.88. The van der Waals surface area contributed by atoms with Gasteiger partial charge < -0.3 is 5.11 Å². The molecule has 2 rings (SSSR count). The van der Waals surface area contributed by atoms with Gasteiger partial charge in [0.2, 0.25) is 0 Å². The first-order valence-electron chi connectivity index (χ1n) is 5.39. The maximum absolute atomic E-state index is 13.2. The first-order valence-corrected chi connectivity index (χ1v) is 7.75. The van der Waals surface area contributed by atoms with Crippen LogP contribution in [0.25, 0.3) is 0 Å². The third kappa shape index (κ3) is 3.31. The number of sulfonamides is 1. The highest BCUT2D eigenvalue weighted by molar-refractivity contribution is 7.94. The van der Waals surface area contributed by atoms with E-state index in [4.69, 9.17) is 5.11 Å². The van der Waals surface area contributed by atoms with Gasteiger partial charge in [-0.2, -0.15) is 0 Å². The van der Waals surface area contributed by atoms with Crippen molar-refractivity contribution in [1.29, 1.82) is 0 Å². The summed E-state index contributed by atoms with van der Waals surface area (Å²) in [6, 6.07) is 5.36. The maximum Gasteiger partial charge on any atom is 0.271 e. The minimum absolute atomic E-state index is 0.0819. The van der Waals surface area contributed by atoms with Crippen molar-refractivity contribution in [2.45, 2.75) is 17.7 Å². The van der Waals surface area contributed by atoms with E-state index in [1.165, 1.54) is 12.1 Å². The van der Waals surface area contributed by atoms with Crippen molar-refractivity contribution in [3.05, 3.63) is 46.6 Å². The number of thiophene rings is 1. The van der Waals surface area contributed by atoms with Crippen LogP contribution < -0.4 is 4.72 Å². The van der Waals surface area contributed by atoms with Crippen molar-refractivity contribution in [3.8, 4) is 0 Å². The first-order chi connectivity index (χ1) is 8.90. The summed E-state index contributed by atoms with van der Waals surface area (Å²) < 4.78 is 39.7. The second-order valence-corrected chi connectivity index (χ2v) is 6.88. The third-order valence-corrected chi connectivity index (χ3v) is 5.24. The van der Waals surface area contributed by atoms with E-state index in [1.807, 2.05) is 0 Å². The fraction of sp³-hybridized carbons (Fsp3) is 0.167. The van der Waals surface area contributed by atoms with Gasteiger partial charge in [0.05, 0.1) is 12.3 Å². The molecule has 0 atom stereocenters. The zero-order valence-electron chi connectivity index (χ0n) is 10.1. The lowest BCUT2D eigenvalue weighted by atomic mass is 10.2. The molecule has 0 radical (unpaired) electrons. The Labute approximate surface area is 114 Å². The summed E-state index contributed by atoms with van der Waals surface area (Å²) in [5.74, 6) is -0.500. The molecule has 0 saturated heterocycles. The van der Waals surface area contributed by atoms with Gasteiger partial charge in [0, 0.05) is 0 Å². The smallest absolute Gasteiger partial charge is 0.271 e. The van der Waals surface area contributed by atoms with Crippen LogP contribution in [0.3, 0.4) is 0 Å². The molecule has 0 aliphatic rings. The van der Waals surface area contributed by atoms with E-state index in [9.17, 15) is 12.8 Å². The molecule has 102 valence electrons. The van der Waals surface area contributed by atoms with Crippen molar-refractivity contribution < 1.29 is 17.9 Å². The molecule has 2 N–H and O–H groups in total. The highest BCUT2D eigenvalue weighted by atomic mass is 32.2. The van der Waals surface area contributed by atoms with Crippen LogP contribution in [0.2, 0.25) is 0 Å². The number of hydrogen-bond acceptors (Lipinski definition) is 4. The number of hydrogen-bond donors (Lipinski definition) is 2. The van der Waals surface area contributed by atoms with Gasteiger partial charge >= 0.3 is 0 Å². The SMILES string of the molecule is Cc1cc(F)cc(NS(=O)(=O)c2cc(CO)cs2)c1. The Bertz CT molecular complexity index is 675. The second-order valence-electron chi connectivity index (χ2n) is 4.05. The summed E-state index contributed by atoms with van der Waals surface area (Å²) in [6.07, 6.45) is 0. The Morgan fingerprint density at radius 2 is 2.05 bits per heavy atom. The number of anilines is 1. The van der Waals surface area contributed by atoms with Crippen molar-refractivity contribution in [2.75, 3.05) is 4.72 Å². The van der Waals surface area contributed by atoms with E-state index in [-0.39, 0.29) is 16.5 Å². The number of halogens is 1. The van der Waals surface area contributed by atoms with Crippen LogP contribution in [0.15, 0.2) is 33.9 Å². The summed E-state index contributed by atoms with van der Waals surface area (Å²) >= 11 is 1.00. The molecule has 0 aliphatic carbocycles. The molecular weight excluding hydrogens is 289 g/mol. The Morgan fingerprint density at radius 3 is 2.63 bits per heavy atom. The zero-order valence-corrected chi connectivity index (χ0v) is 11.7. The van der Waals surface area contributed by atoms with Gasteiger partial charge in [0.25, 0.3) is 10.0 Å². The van der Waals surface area contributed by atoms with Gasteiger partial charge in [0.1, 0.15) is 10.0 Å². The number of benzene rings is 1. The first kappa shape index (κ1) is 14.0. The largest absolute Gasteiger partial charge is 0.392 e. The van der Waals surface area contributed by atoms with Crippen LogP contribution in [0.5, 0.6) is 0 Å². The van der Waals surface area contributed by atoms with Gasteiger partial charge in [-0.15, -0.1) is 11.3 Å². The fourth-order valence-corrected chi connectivity index (χ4v) is 3.82. The number of aliphatic hydroxyl groups is 1. The fourth-order valence-electron chi connectivity index (χ4n) is 1.58. The Morgan fingerprint density at radius 1 is 1.32 bits per heavy atom. The molecule has 19 heavy (non-hydrogen) atoms. The summed E-state index contributed by atoms with van der Waals surface area (Å²) in [5.41, 5.74) is 1.33. The highest BCUT2D eigenvalue weighted by Crippen LogP contribution is 2.24. The second kappa shape index (κ2) is 5.28. The van der Waals surface area contributed by atoms with E-state index < -0.39 is 15.8 Å². The summed E-state index contributed by atoms with van der Waals surface area (Å²) in [4.78, 5) is 0.